The van der Waals surface area contributed by atoms with E-state index >= 15 is 0 Å². The van der Waals surface area contributed by atoms with Gasteiger partial charge in [0.15, 0.2) is 0 Å². The van der Waals surface area contributed by atoms with E-state index in [1.54, 1.807) is 0 Å². The van der Waals surface area contributed by atoms with Crippen LogP contribution in [0.25, 0.3) is 0 Å². The summed E-state index contributed by atoms with van der Waals surface area (Å²) in [7, 11) is 0. The Morgan fingerprint density at radius 3 is 2.00 bits per heavy atom. The van der Waals surface area contributed by atoms with Gasteiger partial charge in [0.2, 0.25) is 0 Å². The van der Waals surface area contributed by atoms with Gasteiger partial charge in [0.25, 0.3) is 0 Å². The molecule has 1 atom stereocenters. The number of hydrogen-bond acceptors (Lipinski definition) is 1. The highest BCUT2D eigenvalue weighted by molar-refractivity contribution is 5.59. The lowest BCUT2D eigenvalue weighted by molar-refractivity contribution is 0.455. The van der Waals surface area contributed by atoms with Crippen LogP contribution in [0.3, 0.4) is 0 Å². The van der Waals surface area contributed by atoms with E-state index in [0.717, 1.165) is 17.3 Å². The molecule has 0 aromatic heterocycles. The van der Waals surface area contributed by atoms with Crippen LogP contribution in [0.5, 0.6) is 0 Å². The Bertz CT molecular complexity index is 573. The van der Waals surface area contributed by atoms with Gasteiger partial charge in [-0.15, -0.1) is 0 Å². The van der Waals surface area contributed by atoms with Crippen molar-refractivity contribution in [2.45, 2.75) is 78.1 Å². The molecular formula is C25H37N. The fourth-order valence-electron chi connectivity index (χ4n) is 3.45. The third-order valence-electron chi connectivity index (χ3n) is 5.24. The van der Waals surface area contributed by atoms with Gasteiger partial charge in [0.05, 0.1) is 0 Å². The van der Waals surface area contributed by atoms with Gasteiger partial charge in [-0.2, -0.15) is 0 Å². The van der Waals surface area contributed by atoms with Gasteiger partial charge in [-0.25, -0.2) is 0 Å². The summed E-state index contributed by atoms with van der Waals surface area (Å²) in [6.45, 7) is 4.71. The number of nitrogens with one attached hydrogen (secondary N) is 1. The van der Waals surface area contributed by atoms with Crippen molar-refractivity contribution in [3.63, 3.8) is 0 Å². The summed E-state index contributed by atoms with van der Waals surface area (Å²) >= 11 is 0. The van der Waals surface area contributed by atoms with Crippen molar-refractivity contribution in [1.82, 2.24) is 0 Å². The van der Waals surface area contributed by atoms with Gasteiger partial charge in [-0.1, -0.05) is 95.5 Å². The maximum atomic E-state index is 3.45. The van der Waals surface area contributed by atoms with Gasteiger partial charge >= 0.3 is 0 Å². The van der Waals surface area contributed by atoms with Crippen molar-refractivity contribution in [2.24, 2.45) is 5.92 Å². The Balaban J connectivity index is 1.60. The highest BCUT2D eigenvalue weighted by Gasteiger charge is 2.03. The Labute approximate surface area is 161 Å². The zero-order valence-corrected chi connectivity index (χ0v) is 16.8. The Kier molecular flexibility index (Phi) is 9.94. The number of anilines is 2. The van der Waals surface area contributed by atoms with E-state index in [1.165, 1.54) is 69.8 Å². The second-order valence-corrected chi connectivity index (χ2v) is 7.74. The van der Waals surface area contributed by atoms with Crippen LogP contribution in [-0.4, -0.2) is 0 Å². The van der Waals surface area contributed by atoms with Crippen molar-refractivity contribution in [3.05, 3.63) is 60.2 Å². The molecule has 1 heteroatoms. The van der Waals surface area contributed by atoms with Crippen molar-refractivity contribution in [1.29, 1.82) is 0 Å². The maximum Gasteiger partial charge on any atom is 0.0384 e. The van der Waals surface area contributed by atoms with Crippen LogP contribution in [0.1, 0.15) is 77.2 Å². The van der Waals surface area contributed by atoms with E-state index in [1.807, 2.05) is 6.07 Å². The zero-order chi connectivity index (χ0) is 18.5. The van der Waals surface area contributed by atoms with E-state index < -0.39 is 0 Å². The number of aryl methyl sites for hydroxylation is 1. The van der Waals surface area contributed by atoms with E-state index in [-0.39, 0.29) is 0 Å². The second-order valence-electron chi connectivity index (χ2n) is 7.74. The molecule has 0 heterocycles. The molecular weight excluding hydrogens is 314 g/mol. The summed E-state index contributed by atoms with van der Waals surface area (Å²) in [5, 5.41) is 3.45. The molecule has 0 saturated heterocycles. The molecule has 1 unspecified atom stereocenters. The first-order chi connectivity index (χ1) is 12.8. The van der Waals surface area contributed by atoms with E-state index in [2.05, 4.69) is 67.7 Å². The highest BCUT2D eigenvalue weighted by atomic mass is 14.9. The van der Waals surface area contributed by atoms with Crippen LogP contribution in [0, 0.1) is 5.92 Å². The molecule has 0 spiro atoms. The second kappa shape index (κ2) is 12.6. The molecule has 0 saturated carbocycles. The number of rotatable bonds is 13. The largest absolute Gasteiger partial charge is 0.356 e. The number of unbranched alkanes of at least 4 members (excludes halogenated alkanes) is 6. The van der Waals surface area contributed by atoms with Crippen LogP contribution in [-0.2, 0) is 6.42 Å². The first-order valence-electron chi connectivity index (χ1n) is 10.7. The van der Waals surface area contributed by atoms with Gasteiger partial charge < -0.3 is 5.32 Å². The Morgan fingerprint density at radius 1 is 0.692 bits per heavy atom. The summed E-state index contributed by atoms with van der Waals surface area (Å²) in [4.78, 5) is 0. The molecule has 0 aliphatic rings. The lowest BCUT2D eigenvalue weighted by Crippen LogP contribution is -1.98. The van der Waals surface area contributed by atoms with Crippen LogP contribution < -0.4 is 5.32 Å². The van der Waals surface area contributed by atoms with Crippen LogP contribution in [0.4, 0.5) is 11.4 Å². The Hall–Kier alpha value is -1.76. The standard InChI is InChI=1S/C25H37N/c1-3-4-5-6-7-8-10-13-22(2)16-17-23-18-20-25(21-19-23)26-24-14-11-9-12-15-24/h9,11-12,14-15,18-22,26H,3-8,10,13,16-17H2,1-2H3. The smallest absolute Gasteiger partial charge is 0.0384 e. The van der Waals surface area contributed by atoms with E-state index in [0.29, 0.717) is 0 Å². The van der Waals surface area contributed by atoms with E-state index in [9.17, 15) is 0 Å². The summed E-state index contributed by atoms with van der Waals surface area (Å²) < 4.78 is 0. The molecule has 0 aliphatic carbocycles. The number of hydrogen-bond donors (Lipinski definition) is 1. The van der Waals surface area contributed by atoms with Crippen molar-refractivity contribution in [3.8, 4) is 0 Å². The minimum absolute atomic E-state index is 0.841. The normalized spacial score (nSPS) is 12.1. The fourth-order valence-corrected chi connectivity index (χ4v) is 3.45. The highest BCUT2D eigenvalue weighted by Crippen LogP contribution is 2.20. The molecule has 142 valence electrons. The van der Waals surface area contributed by atoms with E-state index in [4.69, 9.17) is 0 Å². The molecule has 1 nitrogen and oxygen atoms in total. The molecule has 26 heavy (non-hydrogen) atoms. The third kappa shape index (κ3) is 8.56. The Morgan fingerprint density at radius 2 is 1.31 bits per heavy atom. The van der Waals surface area contributed by atoms with Gasteiger partial charge in [-0.3, -0.25) is 0 Å². The summed E-state index contributed by atoms with van der Waals surface area (Å²) in [6.07, 6.45) is 13.8. The first-order valence-corrected chi connectivity index (χ1v) is 10.7. The first kappa shape index (κ1) is 20.6. The quantitative estimate of drug-likeness (QED) is 0.359. The van der Waals surface area contributed by atoms with Crippen molar-refractivity contribution in [2.75, 3.05) is 5.32 Å². The predicted molar refractivity (Wildman–Crippen MR) is 116 cm³/mol. The topological polar surface area (TPSA) is 12.0 Å². The summed E-state index contributed by atoms with van der Waals surface area (Å²) in [5.74, 6) is 0.841. The van der Waals surface area contributed by atoms with Gasteiger partial charge in [0, 0.05) is 11.4 Å². The summed E-state index contributed by atoms with van der Waals surface area (Å²) in [6, 6.07) is 19.3. The number of benzene rings is 2. The average Bonchev–Trinajstić information content (AvgIpc) is 2.67. The van der Waals surface area contributed by atoms with Crippen molar-refractivity contribution < 1.29 is 0 Å². The fraction of sp³-hybridized carbons (Fsp3) is 0.520. The van der Waals surface area contributed by atoms with Crippen LogP contribution in [0.15, 0.2) is 54.6 Å². The molecule has 0 amide bonds. The van der Waals surface area contributed by atoms with Crippen LogP contribution >= 0.6 is 0 Å². The SMILES string of the molecule is CCCCCCCCCC(C)CCc1ccc(Nc2ccccc2)cc1. The molecule has 1 N–H and O–H groups in total. The molecule has 0 aliphatic heterocycles. The molecule has 2 aromatic carbocycles. The van der Waals surface area contributed by atoms with Gasteiger partial charge in [-0.05, 0) is 48.6 Å². The van der Waals surface area contributed by atoms with Crippen molar-refractivity contribution >= 4 is 11.4 Å². The molecule has 0 bridgehead atoms. The average molecular weight is 352 g/mol. The molecule has 2 aromatic rings. The zero-order valence-electron chi connectivity index (χ0n) is 16.8. The predicted octanol–water partition coefficient (Wildman–Crippen LogP) is 8.14. The summed E-state index contributed by atoms with van der Waals surface area (Å²) in [5.41, 5.74) is 3.76. The lowest BCUT2D eigenvalue weighted by Gasteiger charge is -2.12. The maximum absolute atomic E-state index is 3.45. The van der Waals surface area contributed by atoms with Gasteiger partial charge in [0.1, 0.15) is 0 Å². The lowest BCUT2D eigenvalue weighted by atomic mass is 9.95. The molecule has 2 rings (SSSR count). The number of para-hydroxylation sites is 1. The monoisotopic (exact) mass is 351 g/mol. The van der Waals surface area contributed by atoms with Crippen LogP contribution in [0.2, 0.25) is 0 Å². The minimum atomic E-state index is 0.841. The third-order valence-corrected chi connectivity index (χ3v) is 5.24. The molecule has 0 radical (unpaired) electrons. The minimum Gasteiger partial charge on any atom is -0.356 e. The molecule has 0 fully saturated rings.